The largest absolute Gasteiger partial charge is 0.507 e. The van der Waals surface area contributed by atoms with Crippen molar-refractivity contribution in [2.45, 2.75) is 33.4 Å². The summed E-state index contributed by atoms with van der Waals surface area (Å²) in [6.07, 6.45) is 0. The van der Waals surface area contributed by atoms with Gasteiger partial charge in [0.2, 0.25) is 0 Å². The number of rotatable bonds is 10. The third-order valence-corrected chi connectivity index (χ3v) is 6.32. The minimum Gasteiger partial charge on any atom is -0.507 e. The summed E-state index contributed by atoms with van der Waals surface area (Å²) >= 11 is 0. The van der Waals surface area contributed by atoms with Gasteiger partial charge in [0.05, 0.1) is 31.9 Å². The van der Waals surface area contributed by atoms with Crippen molar-refractivity contribution in [2.24, 2.45) is 5.92 Å². The molecule has 0 saturated carbocycles. The first-order chi connectivity index (χ1) is 18.7. The van der Waals surface area contributed by atoms with Crippen molar-refractivity contribution in [3.63, 3.8) is 0 Å². The minimum absolute atomic E-state index is 0.0583. The van der Waals surface area contributed by atoms with Gasteiger partial charge in [-0.05, 0) is 60.4 Å². The van der Waals surface area contributed by atoms with Gasteiger partial charge in [-0.2, -0.15) is 0 Å². The van der Waals surface area contributed by atoms with E-state index < -0.39 is 17.7 Å². The van der Waals surface area contributed by atoms with Crippen LogP contribution < -0.4 is 14.2 Å². The summed E-state index contributed by atoms with van der Waals surface area (Å²) in [6.45, 7) is 6.73. The van der Waals surface area contributed by atoms with E-state index in [2.05, 4.69) is 0 Å². The number of hydrogen-bond donors (Lipinski definition) is 2. The molecule has 1 aliphatic heterocycles. The van der Waals surface area contributed by atoms with Gasteiger partial charge in [0.1, 0.15) is 17.3 Å². The monoisotopic (exact) mass is 531 g/mol. The molecule has 1 amide bonds. The number of amides is 1. The van der Waals surface area contributed by atoms with Gasteiger partial charge in [-0.15, -0.1) is 0 Å². The molecule has 204 valence electrons. The lowest BCUT2D eigenvalue weighted by Gasteiger charge is -2.26. The molecule has 1 heterocycles. The lowest BCUT2D eigenvalue weighted by atomic mass is 9.94. The summed E-state index contributed by atoms with van der Waals surface area (Å²) in [6, 6.07) is 17.7. The fourth-order valence-electron chi connectivity index (χ4n) is 4.48. The van der Waals surface area contributed by atoms with Gasteiger partial charge in [-0.25, -0.2) is 0 Å². The predicted octanol–water partition coefficient (Wildman–Crippen LogP) is 5.46. The quantitative estimate of drug-likeness (QED) is 0.203. The second-order valence-electron chi connectivity index (χ2n) is 9.67. The van der Waals surface area contributed by atoms with E-state index in [9.17, 15) is 19.8 Å². The number of aromatic hydroxyl groups is 1. The van der Waals surface area contributed by atoms with Gasteiger partial charge in [-0.1, -0.05) is 44.2 Å². The number of benzene rings is 3. The molecule has 0 aliphatic carbocycles. The second-order valence-corrected chi connectivity index (χ2v) is 9.67. The summed E-state index contributed by atoms with van der Waals surface area (Å²) in [7, 11) is 1.55. The number of aliphatic hydroxyl groups excluding tert-OH is 1. The van der Waals surface area contributed by atoms with Crippen LogP contribution in [0.4, 0.5) is 0 Å². The molecule has 1 unspecified atom stereocenters. The van der Waals surface area contributed by atoms with Gasteiger partial charge in [-0.3, -0.25) is 9.59 Å². The molecule has 2 N–H and O–H groups in total. The molecule has 8 heteroatoms. The SMILES string of the molecule is CCOc1cc(C2/C(=C(/O)c3cccc(OCC(C)C)c3)C(=O)C(=O)N2Cc2cccc(OC)c2)ccc1O. The Balaban J connectivity index is 1.84. The van der Waals surface area contributed by atoms with E-state index in [1.54, 1.807) is 68.6 Å². The van der Waals surface area contributed by atoms with Crippen LogP contribution in [-0.2, 0) is 16.1 Å². The van der Waals surface area contributed by atoms with Gasteiger partial charge in [0.25, 0.3) is 11.7 Å². The molecule has 1 saturated heterocycles. The maximum absolute atomic E-state index is 13.5. The zero-order valence-electron chi connectivity index (χ0n) is 22.5. The molecule has 3 aromatic carbocycles. The van der Waals surface area contributed by atoms with Crippen molar-refractivity contribution in [1.82, 2.24) is 4.90 Å². The molecule has 0 spiro atoms. The number of hydrogen-bond acceptors (Lipinski definition) is 7. The molecule has 0 bridgehead atoms. The van der Waals surface area contributed by atoms with E-state index in [-0.39, 0.29) is 29.4 Å². The van der Waals surface area contributed by atoms with Gasteiger partial charge in [0, 0.05) is 12.1 Å². The number of ether oxygens (including phenoxy) is 3. The summed E-state index contributed by atoms with van der Waals surface area (Å²) < 4.78 is 16.7. The first kappa shape index (κ1) is 27.6. The Hall–Kier alpha value is -4.46. The van der Waals surface area contributed by atoms with Gasteiger partial charge >= 0.3 is 0 Å². The minimum atomic E-state index is -0.934. The van der Waals surface area contributed by atoms with Gasteiger partial charge in [0.15, 0.2) is 11.5 Å². The first-order valence-corrected chi connectivity index (χ1v) is 12.8. The van der Waals surface area contributed by atoms with E-state index >= 15 is 0 Å². The number of Topliss-reactive ketones (excluding diaryl/α,β-unsaturated/α-hetero) is 1. The molecule has 0 aromatic heterocycles. The van der Waals surface area contributed by atoms with E-state index in [0.717, 1.165) is 5.56 Å². The van der Waals surface area contributed by atoms with Crippen molar-refractivity contribution < 1.29 is 34.0 Å². The number of methoxy groups -OCH3 is 1. The van der Waals surface area contributed by atoms with Crippen molar-refractivity contribution in [2.75, 3.05) is 20.3 Å². The zero-order valence-corrected chi connectivity index (χ0v) is 22.5. The number of carbonyl (C=O) groups excluding carboxylic acids is 2. The number of carbonyl (C=O) groups is 2. The Labute approximate surface area is 228 Å². The third kappa shape index (κ3) is 6.00. The predicted molar refractivity (Wildman–Crippen MR) is 147 cm³/mol. The maximum atomic E-state index is 13.5. The molecule has 1 aliphatic rings. The lowest BCUT2D eigenvalue weighted by Crippen LogP contribution is -2.29. The highest BCUT2D eigenvalue weighted by Gasteiger charge is 2.46. The van der Waals surface area contributed by atoms with Crippen LogP contribution in [0, 0.1) is 5.92 Å². The van der Waals surface area contributed by atoms with Crippen molar-refractivity contribution in [3.8, 4) is 23.0 Å². The fourth-order valence-corrected chi connectivity index (χ4v) is 4.48. The topological polar surface area (TPSA) is 106 Å². The molecule has 8 nitrogen and oxygen atoms in total. The summed E-state index contributed by atoms with van der Waals surface area (Å²) in [5.41, 5.74) is 1.54. The highest BCUT2D eigenvalue weighted by Crippen LogP contribution is 2.43. The van der Waals surface area contributed by atoms with Crippen LogP contribution >= 0.6 is 0 Å². The molecule has 1 fully saturated rings. The summed E-state index contributed by atoms with van der Waals surface area (Å²) in [4.78, 5) is 28.3. The van der Waals surface area contributed by atoms with E-state index in [1.165, 1.54) is 11.0 Å². The van der Waals surface area contributed by atoms with E-state index in [4.69, 9.17) is 14.2 Å². The first-order valence-electron chi connectivity index (χ1n) is 12.8. The molecular weight excluding hydrogens is 498 g/mol. The average molecular weight is 532 g/mol. The molecule has 39 heavy (non-hydrogen) atoms. The Bertz CT molecular complexity index is 1400. The average Bonchev–Trinajstić information content (AvgIpc) is 3.18. The van der Waals surface area contributed by atoms with Crippen LogP contribution in [0.2, 0.25) is 0 Å². The van der Waals surface area contributed by atoms with E-state index in [0.29, 0.717) is 41.8 Å². The summed E-state index contributed by atoms with van der Waals surface area (Å²) in [5.74, 6) is -0.264. The molecule has 0 radical (unpaired) electrons. The number of likely N-dealkylation sites (tertiary alicyclic amines) is 1. The van der Waals surface area contributed by atoms with Crippen LogP contribution in [0.3, 0.4) is 0 Å². The molecular formula is C31H33NO7. The Kier molecular flexibility index (Phi) is 8.44. The van der Waals surface area contributed by atoms with Crippen LogP contribution in [0.5, 0.6) is 23.0 Å². The summed E-state index contributed by atoms with van der Waals surface area (Å²) in [5, 5.41) is 21.7. The van der Waals surface area contributed by atoms with Crippen LogP contribution in [0.1, 0.15) is 43.5 Å². The zero-order chi connectivity index (χ0) is 28.1. The lowest BCUT2D eigenvalue weighted by molar-refractivity contribution is -0.140. The Morgan fingerprint density at radius 2 is 1.72 bits per heavy atom. The number of aliphatic hydroxyl groups is 1. The number of nitrogens with zero attached hydrogens (tertiary/aromatic N) is 1. The molecule has 1 atom stereocenters. The van der Waals surface area contributed by atoms with Gasteiger partial charge < -0.3 is 29.3 Å². The Morgan fingerprint density at radius 1 is 0.974 bits per heavy atom. The highest BCUT2D eigenvalue weighted by molar-refractivity contribution is 6.46. The van der Waals surface area contributed by atoms with Crippen molar-refractivity contribution >= 4 is 17.4 Å². The number of phenols is 1. The Morgan fingerprint density at radius 3 is 2.44 bits per heavy atom. The highest BCUT2D eigenvalue weighted by atomic mass is 16.5. The van der Waals surface area contributed by atoms with Crippen LogP contribution in [0.15, 0.2) is 72.3 Å². The van der Waals surface area contributed by atoms with E-state index in [1.807, 2.05) is 19.9 Å². The second kappa shape index (κ2) is 11.9. The third-order valence-electron chi connectivity index (χ3n) is 6.32. The fraction of sp³-hybridized carbons (Fsp3) is 0.290. The molecule has 3 aromatic rings. The van der Waals surface area contributed by atoms with Crippen molar-refractivity contribution in [3.05, 3.63) is 89.0 Å². The smallest absolute Gasteiger partial charge is 0.295 e. The maximum Gasteiger partial charge on any atom is 0.295 e. The number of ketones is 1. The van der Waals surface area contributed by atoms with Crippen LogP contribution in [0.25, 0.3) is 5.76 Å². The molecule has 4 rings (SSSR count). The van der Waals surface area contributed by atoms with Crippen molar-refractivity contribution in [1.29, 1.82) is 0 Å². The normalized spacial score (nSPS) is 16.5. The standard InChI is InChI=1S/C31H33NO7/c1-5-38-26-16-21(12-13-25(26)33)28-27(29(34)22-9-7-11-24(15-22)39-18-19(2)3)30(35)31(36)32(28)17-20-8-6-10-23(14-20)37-4/h6-16,19,28,33-34H,5,17-18H2,1-4H3/b29-27-. The number of phenolic OH excluding ortho intramolecular Hbond substituents is 1. The van der Waals surface area contributed by atoms with Crippen LogP contribution in [-0.4, -0.2) is 47.1 Å².